The van der Waals surface area contributed by atoms with Crippen LogP contribution >= 0.6 is 24.0 Å². The summed E-state index contributed by atoms with van der Waals surface area (Å²) >= 11 is 6.16. The van der Waals surface area contributed by atoms with Crippen molar-refractivity contribution in [2.24, 2.45) is 11.3 Å². The van der Waals surface area contributed by atoms with E-state index in [0.717, 1.165) is 43.5 Å². The number of benzene rings is 2. The van der Waals surface area contributed by atoms with E-state index >= 15 is 0 Å². The van der Waals surface area contributed by atoms with Crippen LogP contribution in [0.25, 0.3) is 0 Å². The third kappa shape index (κ3) is 4.62. The Hall–Kier alpha value is -1.75. The summed E-state index contributed by atoms with van der Waals surface area (Å²) in [5.74, 6) is 1.05. The molecule has 2 aromatic carbocycles. The molecule has 28 heavy (non-hydrogen) atoms. The molecule has 1 aliphatic heterocycles. The van der Waals surface area contributed by atoms with Gasteiger partial charge >= 0.3 is 0 Å². The molecule has 1 amide bonds. The van der Waals surface area contributed by atoms with Gasteiger partial charge in [-0.3, -0.25) is 4.79 Å². The van der Waals surface area contributed by atoms with Crippen molar-refractivity contribution in [1.29, 1.82) is 0 Å². The van der Waals surface area contributed by atoms with Crippen LogP contribution < -0.4 is 15.4 Å². The van der Waals surface area contributed by atoms with Crippen LogP contribution in [0.4, 0.5) is 0 Å². The lowest BCUT2D eigenvalue weighted by Gasteiger charge is -2.23. The molecule has 4 rings (SSSR count). The summed E-state index contributed by atoms with van der Waals surface area (Å²) in [7, 11) is 0. The van der Waals surface area contributed by atoms with E-state index < -0.39 is 0 Å². The Bertz CT molecular complexity index is 822. The van der Waals surface area contributed by atoms with Crippen LogP contribution in [0.2, 0.25) is 5.02 Å². The third-order valence-electron chi connectivity index (χ3n) is 5.90. The molecule has 0 aromatic heterocycles. The number of amides is 1. The first-order valence-electron chi connectivity index (χ1n) is 9.60. The highest BCUT2D eigenvalue weighted by Crippen LogP contribution is 2.58. The number of carbonyl (C=O) groups is 1. The van der Waals surface area contributed by atoms with Gasteiger partial charge in [0.15, 0.2) is 0 Å². The van der Waals surface area contributed by atoms with E-state index in [1.807, 2.05) is 48.5 Å². The molecular formula is C22H26Cl2N2O2. The van der Waals surface area contributed by atoms with Crippen molar-refractivity contribution in [3.8, 4) is 5.75 Å². The highest BCUT2D eigenvalue weighted by molar-refractivity contribution is 6.32. The zero-order chi connectivity index (χ0) is 18.7. The highest BCUT2D eigenvalue weighted by Gasteiger charge is 2.57. The third-order valence-corrected chi connectivity index (χ3v) is 6.21. The quantitative estimate of drug-likeness (QED) is 0.730. The van der Waals surface area contributed by atoms with Gasteiger partial charge in [0, 0.05) is 12.5 Å². The fourth-order valence-corrected chi connectivity index (χ4v) is 4.28. The Morgan fingerprint density at radius 3 is 2.54 bits per heavy atom. The second-order valence-electron chi connectivity index (χ2n) is 7.57. The van der Waals surface area contributed by atoms with Gasteiger partial charge in [0.25, 0.3) is 0 Å². The fourth-order valence-electron chi connectivity index (χ4n) is 4.09. The summed E-state index contributed by atoms with van der Waals surface area (Å²) in [4.78, 5) is 12.6. The topological polar surface area (TPSA) is 50.4 Å². The van der Waals surface area contributed by atoms with Gasteiger partial charge in [-0.2, -0.15) is 0 Å². The van der Waals surface area contributed by atoms with Gasteiger partial charge in [0.1, 0.15) is 12.4 Å². The number of nitrogens with one attached hydrogen (secondary N) is 2. The Balaban J connectivity index is 0.00000225. The maximum atomic E-state index is 12.6. The number of rotatable bonds is 6. The lowest BCUT2D eigenvalue weighted by Crippen LogP contribution is -2.33. The van der Waals surface area contributed by atoms with E-state index in [0.29, 0.717) is 23.9 Å². The SMILES string of the molecule is Cl.O=C(NCc1ccccc1COc1ccccc1Cl)C1CC12CCNCC2. The van der Waals surface area contributed by atoms with Crippen molar-refractivity contribution < 1.29 is 9.53 Å². The molecule has 1 saturated heterocycles. The van der Waals surface area contributed by atoms with Crippen molar-refractivity contribution >= 4 is 29.9 Å². The van der Waals surface area contributed by atoms with E-state index in [4.69, 9.17) is 16.3 Å². The first-order valence-corrected chi connectivity index (χ1v) is 9.98. The molecule has 150 valence electrons. The number of hydrogen-bond donors (Lipinski definition) is 2. The van der Waals surface area contributed by atoms with Crippen molar-refractivity contribution in [1.82, 2.24) is 10.6 Å². The zero-order valence-electron chi connectivity index (χ0n) is 15.7. The molecule has 2 fully saturated rings. The summed E-state index contributed by atoms with van der Waals surface area (Å²) in [6.45, 7) is 3.03. The van der Waals surface area contributed by atoms with E-state index in [1.54, 1.807) is 0 Å². The molecule has 1 spiro atoms. The van der Waals surface area contributed by atoms with Crippen molar-refractivity contribution in [3.63, 3.8) is 0 Å². The van der Waals surface area contributed by atoms with Gasteiger partial charge in [0.05, 0.1) is 5.02 Å². The predicted octanol–water partition coefficient (Wildman–Crippen LogP) is 4.35. The minimum atomic E-state index is 0. The van der Waals surface area contributed by atoms with Crippen LogP contribution in [-0.4, -0.2) is 19.0 Å². The Kier molecular flexibility index (Phi) is 6.86. The van der Waals surface area contributed by atoms with Crippen LogP contribution in [0, 0.1) is 11.3 Å². The molecule has 1 heterocycles. The van der Waals surface area contributed by atoms with Crippen LogP contribution in [0.3, 0.4) is 0 Å². The van der Waals surface area contributed by atoms with E-state index in [1.165, 1.54) is 0 Å². The smallest absolute Gasteiger partial charge is 0.223 e. The summed E-state index contributed by atoms with van der Waals surface area (Å²) in [5.41, 5.74) is 2.41. The standard InChI is InChI=1S/C22H25ClN2O2.ClH/c23-19-7-3-4-8-20(19)27-15-17-6-2-1-5-16(17)14-25-21(26)18-13-22(18)9-11-24-12-10-22;/h1-8,18,24H,9-15H2,(H,25,26);1H. The second-order valence-corrected chi connectivity index (χ2v) is 7.98. The number of hydrogen-bond acceptors (Lipinski definition) is 3. The first kappa shape index (κ1) is 21.0. The molecule has 1 aliphatic carbocycles. The Labute approximate surface area is 177 Å². The monoisotopic (exact) mass is 420 g/mol. The van der Waals surface area contributed by atoms with Crippen molar-refractivity contribution in [2.75, 3.05) is 13.1 Å². The number of piperidine rings is 1. The maximum Gasteiger partial charge on any atom is 0.223 e. The maximum absolute atomic E-state index is 12.6. The summed E-state index contributed by atoms with van der Waals surface area (Å²) in [6, 6.07) is 15.5. The molecule has 0 radical (unpaired) electrons. The number of halogens is 2. The summed E-state index contributed by atoms with van der Waals surface area (Å²) in [5, 5.41) is 7.12. The van der Waals surface area contributed by atoms with Crippen LogP contribution in [0.15, 0.2) is 48.5 Å². The molecule has 0 bridgehead atoms. The molecule has 2 aliphatic rings. The fraction of sp³-hybridized carbons (Fsp3) is 0.409. The molecule has 2 aromatic rings. The van der Waals surface area contributed by atoms with Gasteiger partial charge in [-0.05, 0) is 61.0 Å². The molecule has 1 atom stereocenters. The van der Waals surface area contributed by atoms with Crippen LogP contribution in [0.5, 0.6) is 5.75 Å². The van der Waals surface area contributed by atoms with E-state index in [2.05, 4.69) is 10.6 Å². The van der Waals surface area contributed by atoms with Crippen LogP contribution in [0.1, 0.15) is 30.4 Å². The van der Waals surface area contributed by atoms with Gasteiger partial charge in [0.2, 0.25) is 5.91 Å². The summed E-state index contributed by atoms with van der Waals surface area (Å²) < 4.78 is 5.87. The van der Waals surface area contributed by atoms with Gasteiger partial charge in [-0.15, -0.1) is 12.4 Å². The van der Waals surface area contributed by atoms with E-state index in [-0.39, 0.29) is 29.6 Å². The van der Waals surface area contributed by atoms with Crippen LogP contribution in [-0.2, 0) is 17.9 Å². The average molecular weight is 421 g/mol. The molecule has 2 N–H and O–H groups in total. The minimum absolute atomic E-state index is 0. The molecule has 1 saturated carbocycles. The van der Waals surface area contributed by atoms with Gasteiger partial charge < -0.3 is 15.4 Å². The zero-order valence-corrected chi connectivity index (χ0v) is 17.3. The van der Waals surface area contributed by atoms with Crippen molar-refractivity contribution in [2.45, 2.75) is 32.4 Å². The Morgan fingerprint density at radius 1 is 1.11 bits per heavy atom. The van der Waals surface area contributed by atoms with Gasteiger partial charge in [-0.1, -0.05) is 48.0 Å². The lowest BCUT2D eigenvalue weighted by atomic mass is 9.92. The highest BCUT2D eigenvalue weighted by atomic mass is 35.5. The van der Waals surface area contributed by atoms with Gasteiger partial charge in [-0.25, -0.2) is 0 Å². The average Bonchev–Trinajstić information content (AvgIpc) is 3.39. The molecule has 6 heteroatoms. The summed E-state index contributed by atoms with van der Waals surface area (Å²) in [6.07, 6.45) is 3.28. The van der Waals surface area contributed by atoms with E-state index in [9.17, 15) is 4.79 Å². The largest absolute Gasteiger partial charge is 0.487 e. The number of ether oxygens (including phenoxy) is 1. The molecule has 4 nitrogen and oxygen atoms in total. The predicted molar refractivity (Wildman–Crippen MR) is 114 cm³/mol. The number of carbonyl (C=O) groups excluding carboxylic acids is 1. The normalized spacial score (nSPS) is 19.5. The Morgan fingerprint density at radius 2 is 1.79 bits per heavy atom. The molecular weight excluding hydrogens is 395 g/mol. The van der Waals surface area contributed by atoms with Crippen molar-refractivity contribution in [3.05, 3.63) is 64.7 Å². The second kappa shape index (κ2) is 9.17. The minimum Gasteiger partial charge on any atom is -0.487 e. The lowest BCUT2D eigenvalue weighted by molar-refractivity contribution is -0.123. The molecule has 1 unspecified atom stereocenters. The first-order chi connectivity index (χ1) is 13.2. The number of para-hydroxylation sites is 1.